The minimum absolute atomic E-state index is 0.105. The SMILES string of the molecule is Cc1cc(C)n(C[C@H](C)NC(=O)C(C)(C)c2ccccc2F)n1. The van der Waals surface area contributed by atoms with Crippen LogP contribution in [0, 0.1) is 19.7 Å². The van der Waals surface area contributed by atoms with Gasteiger partial charge in [0.05, 0.1) is 17.7 Å². The van der Waals surface area contributed by atoms with E-state index in [9.17, 15) is 9.18 Å². The molecule has 0 bridgehead atoms. The summed E-state index contributed by atoms with van der Waals surface area (Å²) in [5, 5.41) is 7.36. The Morgan fingerprint density at radius 2 is 2.00 bits per heavy atom. The molecule has 1 amide bonds. The van der Waals surface area contributed by atoms with Crippen LogP contribution in [0.1, 0.15) is 37.7 Å². The lowest BCUT2D eigenvalue weighted by molar-refractivity contribution is -0.126. The second-order valence-corrected chi connectivity index (χ2v) is 6.59. The van der Waals surface area contributed by atoms with Crippen LogP contribution >= 0.6 is 0 Å². The molecule has 0 aliphatic heterocycles. The molecule has 0 unspecified atom stereocenters. The fraction of sp³-hybridized carbons (Fsp3) is 0.444. The number of halogens is 1. The first-order chi connectivity index (χ1) is 10.7. The summed E-state index contributed by atoms with van der Waals surface area (Å²) in [7, 11) is 0. The lowest BCUT2D eigenvalue weighted by atomic mass is 9.83. The highest BCUT2D eigenvalue weighted by molar-refractivity contribution is 5.87. The highest BCUT2D eigenvalue weighted by Gasteiger charge is 2.32. The monoisotopic (exact) mass is 317 g/mol. The van der Waals surface area contributed by atoms with E-state index in [0.717, 1.165) is 11.4 Å². The Bertz CT molecular complexity index is 706. The molecular formula is C18H24FN3O. The van der Waals surface area contributed by atoms with Gasteiger partial charge in [-0.15, -0.1) is 0 Å². The third kappa shape index (κ3) is 3.78. The molecule has 124 valence electrons. The van der Waals surface area contributed by atoms with Gasteiger partial charge in [0.2, 0.25) is 5.91 Å². The summed E-state index contributed by atoms with van der Waals surface area (Å²) in [6.45, 7) is 9.89. The molecule has 0 spiro atoms. The number of hydrogen-bond donors (Lipinski definition) is 1. The molecule has 5 heteroatoms. The summed E-state index contributed by atoms with van der Waals surface area (Å²) in [4.78, 5) is 12.6. The molecule has 0 saturated carbocycles. The summed E-state index contributed by atoms with van der Waals surface area (Å²) in [6, 6.07) is 8.29. The van der Waals surface area contributed by atoms with Crippen LogP contribution in [-0.4, -0.2) is 21.7 Å². The van der Waals surface area contributed by atoms with Crippen molar-refractivity contribution in [3.05, 3.63) is 53.1 Å². The third-order valence-electron chi connectivity index (χ3n) is 4.04. The number of nitrogens with one attached hydrogen (secondary N) is 1. The topological polar surface area (TPSA) is 46.9 Å². The maximum absolute atomic E-state index is 14.0. The smallest absolute Gasteiger partial charge is 0.230 e. The Balaban J connectivity index is 2.08. The van der Waals surface area contributed by atoms with Crippen molar-refractivity contribution in [3.8, 4) is 0 Å². The molecular weight excluding hydrogens is 293 g/mol. The average Bonchev–Trinajstić information content (AvgIpc) is 2.76. The molecule has 0 fully saturated rings. The van der Waals surface area contributed by atoms with E-state index in [-0.39, 0.29) is 17.8 Å². The fourth-order valence-electron chi connectivity index (χ4n) is 2.66. The van der Waals surface area contributed by atoms with E-state index in [1.165, 1.54) is 6.07 Å². The van der Waals surface area contributed by atoms with Crippen molar-refractivity contribution >= 4 is 5.91 Å². The van der Waals surface area contributed by atoms with Crippen LogP contribution in [0.25, 0.3) is 0 Å². The van der Waals surface area contributed by atoms with Gasteiger partial charge >= 0.3 is 0 Å². The summed E-state index contributed by atoms with van der Waals surface area (Å²) in [5.41, 5.74) is 1.47. The number of benzene rings is 1. The predicted octanol–water partition coefficient (Wildman–Crippen LogP) is 3.12. The Kier molecular flexibility index (Phi) is 4.88. The molecule has 4 nitrogen and oxygen atoms in total. The Hall–Kier alpha value is -2.17. The minimum atomic E-state index is -0.936. The molecule has 23 heavy (non-hydrogen) atoms. The maximum atomic E-state index is 14.0. The summed E-state index contributed by atoms with van der Waals surface area (Å²) >= 11 is 0. The van der Waals surface area contributed by atoms with Crippen molar-refractivity contribution in [1.82, 2.24) is 15.1 Å². The average molecular weight is 317 g/mol. The molecule has 0 aliphatic carbocycles. The van der Waals surface area contributed by atoms with Gasteiger partial charge in [0.15, 0.2) is 0 Å². The molecule has 1 aromatic heterocycles. The zero-order chi connectivity index (χ0) is 17.2. The van der Waals surface area contributed by atoms with Gasteiger partial charge in [-0.3, -0.25) is 9.48 Å². The molecule has 0 aliphatic rings. The quantitative estimate of drug-likeness (QED) is 0.921. The number of carbonyl (C=O) groups excluding carboxylic acids is 1. The van der Waals surface area contributed by atoms with Gasteiger partial charge in [-0.1, -0.05) is 18.2 Å². The number of carbonyl (C=O) groups is 1. The van der Waals surface area contributed by atoms with Crippen LogP contribution in [0.4, 0.5) is 4.39 Å². The van der Waals surface area contributed by atoms with E-state index in [0.29, 0.717) is 12.1 Å². The van der Waals surface area contributed by atoms with Crippen LogP contribution < -0.4 is 5.32 Å². The maximum Gasteiger partial charge on any atom is 0.230 e. The molecule has 2 aromatic rings. The summed E-state index contributed by atoms with van der Waals surface area (Å²) < 4.78 is 15.9. The highest BCUT2D eigenvalue weighted by Crippen LogP contribution is 2.26. The number of amides is 1. The first-order valence-electron chi connectivity index (χ1n) is 7.79. The van der Waals surface area contributed by atoms with Crippen LogP contribution in [0.5, 0.6) is 0 Å². The van der Waals surface area contributed by atoms with Crippen molar-refractivity contribution in [3.63, 3.8) is 0 Å². The fourth-order valence-corrected chi connectivity index (χ4v) is 2.66. The number of nitrogens with zero attached hydrogens (tertiary/aromatic N) is 2. The second kappa shape index (κ2) is 6.52. The van der Waals surface area contributed by atoms with Crippen LogP contribution in [0.15, 0.2) is 30.3 Å². The standard InChI is InChI=1S/C18H24FN3O/c1-12-10-14(3)22(21-12)11-13(2)20-17(23)18(4,5)15-8-6-7-9-16(15)19/h6-10,13H,11H2,1-5H3,(H,20,23)/t13-/m0/s1. The van der Waals surface area contributed by atoms with E-state index in [2.05, 4.69) is 10.4 Å². The summed E-state index contributed by atoms with van der Waals surface area (Å²) in [5.74, 6) is -0.560. The van der Waals surface area contributed by atoms with Crippen molar-refractivity contribution < 1.29 is 9.18 Å². The van der Waals surface area contributed by atoms with Crippen molar-refractivity contribution in [2.24, 2.45) is 0 Å². The zero-order valence-electron chi connectivity index (χ0n) is 14.4. The number of aryl methyl sites for hydroxylation is 2. The first-order valence-corrected chi connectivity index (χ1v) is 7.79. The summed E-state index contributed by atoms with van der Waals surface area (Å²) in [6.07, 6.45) is 0. The highest BCUT2D eigenvalue weighted by atomic mass is 19.1. The molecule has 2 rings (SSSR count). The van der Waals surface area contributed by atoms with Gasteiger partial charge in [-0.05, 0) is 46.8 Å². The number of hydrogen-bond acceptors (Lipinski definition) is 2. The van der Waals surface area contributed by atoms with Gasteiger partial charge in [-0.25, -0.2) is 4.39 Å². The second-order valence-electron chi connectivity index (χ2n) is 6.59. The van der Waals surface area contributed by atoms with Gasteiger partial charge in [0.1, 0.15) is 5.82 Å². The van der Waals surface area contributed by atoms with Gasteiger partial charge < -0.3 is 5.32 Å². The molecule has 0 radical (unpaired) electrons. The minimum Gasteiger partial charge on any atom is -0.351 e. The van der Waals surface area contributed by atoms with Crippen molar-refractivity contribution in [2.75, 3.05) is 0 Å². The lowest BCUT2D eigenvalue weighted by Gasteiger charge is -2.27. The molecule has 1 heterocycles. The molecule has 1 N–H and O–H groups in total. The van der Waals surface area contributed by atoms with Crippen LogP contribution in [-0.2, 0) is 16.8 Å². The van der Waals surface area contributed by atoms with Gasteiger partial charge in [0.25, 0.3) is 0 Å². The number of aromatic nitrogens is 2. The Morgan fingerprint density at radius 1 is 1.35 bits per heavy atom. The lowest BCUT2D eigenvalue weighted by Crippen LogP contribution is -2.46. The molecule has 0 saturated heterocycles. The van der Waals surface area contributed by atoms with Gasteiger partial charge in [-0.2, -0.15) is 5.10 Å². The molecule has 1 atom stereocenters. The van der Waals surface area contributed by atoms with Gasteiger partial charge in [0, 0.05) is 17.3 Å². The normalized spacial score (nSPS) is 13.0. The third-order valence-corrected chi connectivity index (χ3v) is 4.04. The van der Waals surface area contributed by atoms with Crippen molar-refractivity contribution in [2.45, 2.75) is 52.6 Å². The van der Waals surface area contributed by atoms with Crippen molar-refractivity contribution in [1.29, 1.82) is 0 Å². The van der Waals surface area contributed by atoms with Crippen LogP contribution in [0.2, 0.25) is 0 Å². The van der Waals surface area contributed by atoms with E-state index >= 15 is 0 Å². The Labute approximate surface area is 136 Å². The molecule has 1 aromatic carbocycles. The number of rotatable bonds is 5. The van der Waals surface area contributed by atoms with E-state index < -0.39 is 5.41 Å². The van der Waals surface area contributed by atoms with E-state index in [1.54, 1.807) is 32.0 Å². The first kappa shape index (κ1) is 17.2. The van der Waals surface area contributed by atoms with E-state index in [1.807, 2.05) is 31.5 Å². The zero-order valence-corrected chi connectivity index (χ0v) is 14.4. The largest absolute Gasteiger partial charge is 0.351 e. The van der Waals surface area contributed by atoms with E-state index in [4.69, 9.17) is 0 Å². The Morgan fingerprint density at radius 3 is 2.57 bits per heavy atom. The predicted molar refractivity (Wildman–Crippen MR) is 88.7 cm³/mol. The van der Waals surface area contributed by atoms with Crippen LogP contribution in [0.3, 0.4) is 0 Å².